The lowest BCUT2D eigenvalue weighted by Gasteiger charge is -2.56. The Morgan fingerprint density at radius 1 is 1.03 bits per heavy atom. The standard InChI is InChI=1S/C26H27N3O2S/c30-23(15-26-12-16-8-17(13-26)10-18(9-16)14-26)29-25(32)27-20-5-3-4-19(11-20)24-28-21-6-1-2-7-22(21)31-24/h1-7,11,16-18H,8-10,12-15H2,(H2,27,29,30,32). The van der Waals surface area contributed by atoms with Crippen molar-refractivity contribution in [2.75, 3.05) is 5.32 Å². The summed E-state index contributed by atoms with van der Waals surface area (Å²) in [4.78, 5) is 17.4. The number of hydrogen-bond acceptors (Lipinski definition) is 4. The molecule has 0 spiro atoms. The van der Waals surface area contributed by atoms with Crippen LogP contribution in [0.5, 0.6) is 0 Å². The number of aromatic nitrogens is 1. The van der Waals surface area contributed by atoms with Gasteiger partial charge < -0.3 is 15.1 Å². The van der Waals surface area contributed by atoms with Crippen LogP contribution in [0.4, 0.5) is 5.69 Å². The van der Waals surface area contributed by atoms with Crippen LogP contribution in [0.2, 0.25) is 0 Å². The Balaban J connectivity index is 1.10. The summed E-state index contributed by atoms with van der Waals surface area (Å²) in [6.07, 6.45) is 8.42. The molecule has 4 aliphatic carbocycles. The van der Waals surface area contributed by atoms with Gasteiger partial charge in [-0.1, -0.05) is 18.2 Å². The average Bonchev–Trinajstić information content (AvgIpc) is 3.16. The fourth-order valence-corrected chi connectivity index (χ4v) is 7.14. The zero-order valence-corrected chi connectivity index (χ0v) is 18.8. The van der Waals surface area contributed by atoms with Gasteiger partial charge in [0.1, 0.15) is 5.52 Å². The molecule has 0 atom stereocenters. The monoisotopic (exact) mass is 445 g/mol. The predicted octanol–water partition coefficient (Wildman–Crippen LogP) is 5.91. The molecule has 4 aliphatic rings. The molecule has 0 saturated heterocycles. The highest BCUT2D eigenvalue weighted by molar-refractivity contribution is 7.80. The van der Waals surface area contributed by atoms with Crippen molar-refractivity contribution in [2.45, 2.75) is 44.9 Å². The third-order valence-electron chi connectivity index (χ3n) is 7.61. The van der Waals surface area contributed by atoms with Gasteiger partial charge in [-0.15, -0.1) is 0 Å². The van der Waals surface area contributed by atoms with E-state index in [1.54, 1.807) is 0 Å². The van der Waals surface area contributed by atoms with Crippen molar-refractivity contribution in [1.29, 1.82) is 0 Å². The fraction of sp³-hybridized carbons (Fsp3) is 0.423. The van der Waals surface area contributed by atoms with Crippen molar-refractivity contribution in [1.82, 2.24) is 10.3 Å². The zero-order valence-electron chi connectivity index (χ0n) is 18.0. The second kappa shape index (κ2) is 7.69. The number of nitrogens with zero attached hydrogens (tertiary/aromatic N) is 1. The number of fused-ring (bicyclic) bond motifs is 1. The number of benzene rings is 2. The lowest BCUT2D eigenvalue weighted by molar-refractivity contribution is -0.127. The quantitative estimate of drug-likeness (QED) is 0.488. The molecular formula is C26H27N3O2S. The van der Waals surface area contributed by atoms with Crippen molar-refractivity contribution < 1.29 is 9.21 Å². The van der Waals surface area contributed by atoms with E-state index < -0.39 is 0 Å². The second-order valence-corrected chi connectivity index (χ2v) is 10.6. The van der Waals surface area contributed by atoms with E-state index in [9.17, 15) is 4.79 Å². The van der Waals surface area contributed by atoms with Crippen molar-refractivity contribution in [2.24, 2.45) is 23.2 Å². The maximum atomic E-state index is 12.9. The molecule has 32 heavy (non-hydrogen) atoms. The van der Waals surface area contributed by atoms with E-state index in [4.69, 9.17) is 16.6 Å². The van der Waals surface area contributed by atoms with Crippen LogP contribution in [-0.4, -0.2) is 16.0 Å². The fourth-order valence-electron chi connectivity index (χ4n) is 6.91. The minimum Gasteiger partial charge on any atom is -0.436 e. The average molecular weight is 446 g/mol. The Morgan fingerprint density at radius 2 is 1.75 bits per heavy atom. The summed E-state index contributed by atoms with van der Waals surface area (Å²) in [6, 6.07) is 15.4. The van der Waals surface area contributed by atoms with E-state index in [-0.39, 0.29) is 11.3 Å². The van der Waals surface area contributed by atoms with Gasteiger partial charge in [-0.2, -0.15) is 0 Å². The number of oxazole rings is 1. The first kappa shape index (κ1) is 19.9. The van der Waals surface area contributed by atoms with Crippen LogP contribution in [0.1, 0.15) is 44.9 Å². The van der Waals surface area contributed by atoms with Gasteiger partial charge in [-0.3, -0.25) is 4.79 Å². The van der Waals surface area contributed by atoms with E-state index in [1.165, 1.54) is 38.5 Å². The summed E-state index contributed by atoms with van der Waals surface area (Å²) in [5, 5.41) is 6.42. The molecule has 4 bridgehead atoms. The van der Waals surface area contributed by atoms with E-state index in [0.29, 0.717) is 17.4 Å². The van der Waals surface area contributed by atoms with E-state index in [2.05, 4.69) is 15.6 Å². The number of rotatable bonds is 4. The normalized spacial score (nSPS) is 28.1. The lowest BCUT2D eigenvalue weighted by Crippen LogP contribution is -2.48. The van der Waals surface area contributed by atoms with Crippen LogP contribution < -0.4 is 10.6 Å². The number of carbonyl (C=O) groups excluding carboxylic acids is 1. The minimum absolute atomic E-state index is 0.0413. The summed E-state index contributed by atoms with van der Waals surface area (Å²) in [5.74, 6) is 3.13. The topological polar surface area (TPSA) is 67.2 Å². The minimum atomic E-state index is 0.0413. The van der Waals surface area contributed by atoms with Crippen LogP contribution in [0.15, 0.2) is 52.9 Å². The number of amides is 1. The summed E-state index contributed by atoms with van der Waals surface area (Å²) in [7, 11) is 0. The maximum Gasteiger partial charge on any atom is 0.227 e. The SMILES string of the molecule is O=C(CC12CC3CC(CC(C3)C1)C2)NC(=S)Nc1cccc(-c2nc3ccccc3o2)c1. The Kier molecular flexibility index (Phi) is 4.79. The third-order valence-corrected chi connectivity index (χ3v) is 7.82. The highest BCUT2D eigenvalue weighted by Crippen LogP contribution is 2.61. The molecule has 0 aliphatic heterocycles. The zero-order chi connectivity index (χ0) is 21.7. The first-order valence-corrected chi connectivity index (χ1v) is 12.0. The highest BCUT2D eigenvalue weighted by atomic mass is 32.1. The lowest BCUT2D eigenvalue weighted by atomic mass is 9.49. The summed E-state index contributed by atoms with van der Waals surface area (Å²) < 4.78 is 5.87. The molecule has 2 aromatic carbocycles. The molecule has 0 radical (unpaired) electrons. The molecule has 2 N–H and O–H groups in total. The highest BCUT2D eigenvalue weighted by Gasteiger charge is 2.51. The van der Waals surface area contributed by atoms with E-state index >= 15 is 0 Å². The van der Waals surface area contributed by atoms with Gasteiger partial charge in [-0.05, 0) is 104 Å². The Bertz CT molecular complexity index is 1130. The van der Waals surface area contributed by atoms with E-state index in [1.807, 2.05) is 48.5 Å². The molecule has 5 nitrogen and oxygen atoms in total. The number of anilines is 1. The Morgan fingerprint density at radius 3 is 2.47 bits per heavy atom. The number of thiocarbonyl (C=S) groups is 1. The molecule has 4 saturated carbocycles. The Labute approximate surface area is 193 Å². The molecule has 1 amide bonds. The number of nitrogens with one attached hydrogen (secondary N) is 2. The van der Waals surface area contributed by atoms with Crippen LogP contribution >= 0.6 is 12.2 Å². The Hall–Kier alpha value is -2.73. The second-order valence-electron chi connectivity index (χ2n) is 10.2. The molecule has 1 aromatic heterocycles. The van der Waals surface area contributed by atoms with Crippen molar-refractivity contribution in [3.05, 3.63) is 48.5 Å². The van der Waals surface area contributed by atoms with Gasteiger partial charge in [0.25, 0.3) is 0 Å². The van der Waals surface area contributed by atoms with Gasteiger partial charge in [0.2, 0.25) is 11.8 Å². The third kappa shape index (κ3) is 3.81. The molecule has 164 valence electrons. The summed E-state index contributed by atoms with van der Waals surface area (Å²) >= 11 is 5.45. The molecule has 3 aromatic rings. The smallest absolute Gasteiger partial charge is 0.227 e. The molecular weight excluding hydrogens is 418 g/mol. The van der Waals surface area contributed by atoms with Gasteiger partial charge in [0.05, 0.1) is 0 Å². The first-order valence-electron chi connectivity index (χ1n) is 11.6. The van der Waals surface area contributed by atoms with Crippen molar-refractivity contribution >= 4 is 40.0 Å². The summed E-state index contributed by atoms with van der Waals surface area (Å²) in [5.41, 5.74) is 3.45. The first-order chi connectivity index (χ1) is 15.5. The molecule has 4 fully saturated rings. The molecule has 6 heteroatoms. The van der Waals surface area contributed by atoms with Crippen molar-refractivity contribution in [3.63, 3.8) is 0 Å². The van der Waals surface area contributed by atoms with Gasteiger partial charge in [-0.25, -0.2) is 4.98 Å². The van der Waals surface area contributed by atoms with Gasteiger partial charge >= 0.3 is 0 Å². The summed E-state index contributed by atoms with van der Waals surface area (Å²) in [6.45, 7) is 0. The largest absolute Gasteiger partial charge is 0.436 e. The van der Waals surface area contributed by atoms with Crippen LogP contribution in [0, 0.1) is 23.2 Å². The number of carbonyl (C=O) groups is 1. The van der Waals surface area contributed by atoms with Crippen LogP contribution in [-0.2, 0) is 4.79 Å². The van der Waals surface area contributed by atoms with Gasteiger partial charge in [0, 0.05) is 17.7 Å². The van der Waals surface area contributed by atoms with Gasteiger partial charge in [0.15, 0.2) is 10.7 Å². The van der Waals surface area contributed by atoms with Crippen LogP contribution in [0.25, 0.3) is 22.6 Å². The maximum absolute atomic E-state index is 12.9. The van der Waals surface area contributed by atoms with E-state index in [0.717, 1.165) is 40.1 Å². The number of hydrogen-bond donors (Lipinski definition) is 2. The molecule has 0 unspecified atom stereocenters. The van der Waals surface area contributed by atoms with Crippen LogP contribution in [0.3, 0.4) is 0 Å². The molecule has 7 rings (SSSR count). The number of para-hydroxylation sites is 2. The van der Waals surface area contributed by atoms with Crippen molar-refractivity contribution in [3.8, 4) is 11.5 Å². The molecule has 1 heterocycles. The predicted molar refractivity (Wildman–Crippen MR) is 129 cm³/mol.